The van der Waals surface area contributed by atoms with Gasteiger partial charge in [0.1, 0.15) is 0 Å². The van der Waals surface area contributed by atoms with E-state index in [0.29, 0.717) is 0 Å². The predicted octanol–water partition coefficient (Wildman–Crippen LogP) is 1.86. The molecular formula is C9H8F2N2O4. The number of hydrogen-bond acceptors (Lipinski definition) is 4. The van der Waals surface area contributed by atoms with Crippen molar-refractivity contribution in [2.45, 2.75) is 19.8 Å². The standard InChI is InChI=1S/C9H8F2N2O4/c1-4-2-6(13(16)17)12-8(9(10)11)5(4)3-7(14)15/h2,9H,3H2,1H3,(H,14,15). The van der Waals surface area contributed by atoms with E-state index in [0.717, 1.165) is 6.07 Å². The molecule has 0 amide bonds. The third-order valence-corrected chi connectivity index (χ3v) is 2.09. The molecule has 17 heavy (non-hydrogen) atoms. The first-order valence-corrected chi connectivity index (χ1v) is 4.47. The normalized spacial score (nSPS) is 10.6. The summed E-state index contributed by atoms with van der Waals surface area (Å²) in [5.41, 5.74) is -0.915. The minimum Gasteiger partial charge on any atom is -0.481 e. The van der Waals surface area contributed by atoms with Gasteiger partial charge in [0.25, 0.3) is 0 Å². The second-order valence-corrected chi connectivity index (χ2v) is 3.29. The van der Waals surface area contributed by atoms with E-state index < -0.39 is 35.3 Å². The van der Waals surface area contributed by atoms with Crippen molar-refractivity contribution in [3.05, 3.63) is 33.0 Å². The average Bonchev–Trinajstić information content (AvgIpc) is 2.19. The van der Waals surface area contributed by atoms with Crippen molar-refractivity contribution in [2.24, 2.45) is 0 Å². The summed E-state index contributed by atoms with van der Waals surface area (Å²) < 4.78 is 25.2. The van der Waals surface area contributed by atoms with Crippen molar-refractivity contribution in [2.75, 3.05) is 0 Å². The largest absolute Gasteiger partial charge is 0.481 e. The molecule has 0 aliphatic rings. The number of aromatic nitrogens is 1. The zero-order valence-corrected chi connectivity index (χ0v) is 8.68. The van der Waals surface area contributed by atoms with Crippen LogP contribution in [-0.2, 0) is 11.2 Å². The van der Waals surface area contributed by atoms with E-state index in [1.54, 1.807) is 0 Å². The van der Waals surface area contributed by atoms with Crippen molar-refractivity contribution in [1.29, 1.82) is 0 Å². The molecule has 6 nitrogen and oxygen atoms in total. The van der Waals surface area contributed by atoms with Crippen LogP contribution in [0.1, 0.15) is 23.2 Å². The number of carboxylic acids is 1. The Morgan fingerprint density at radius 3 is 2.65 bits per heavy atom. The predicted molar refractivity (Wildman–Crippen MR) is 51.9 cm³/mol. The number of hydrogen-bond donors (Lipinski definition) is 1. The summed E-state index contributed by atoms with van der Waals surface area (Å²) >= 11 is 0. The summed E-state index contributed by atoms with van der Waals surface area (Å²) in [6.07, 6.45) is -3.70. The van der Waals surface area contributed by atoms with Crippen LogP contribution < -0.4 is 0 Å². The van der Waals surface area contributed by atoms with Gasteiger partial charge in [0.05, 0.1) is 6.42 Å². The van der Waals surface area contributed by atoms with Crippen LogP contribution in [0.15, 0.2) is 6.07 Å². The second-order valence-electron chi connectivity index (χ2n) is 3.29. The SMILES string of the molecule is Cc1cc([N+](=O)[O-])nc(C(F)F)c1CC(=O)O. The monoisotopic (exact) mass is 246 g/mol. The van der Waals surface area contributed by atoms with Gasteiger partial charge >= 0.3 is 18.2 Å². The van der Waals surface area contributed by atoms with Gasteiger partial charge in [-0.2, -0.15) is 0 Å². The molecule has 0 spiro atoms. The van der Waals surface area contributed by atoms with Gasteiger partial charge < -0.3 is 15.2 Å². The van der Waals surface area contributed by atoms with Crippen molar-refractivity contribution in [1.82, 2.24) is 4.98 Å². The van der Waals surface area contributed by atoms with E-state index in [-0.39, 0.29) is 11.1 Å². The fraction of sp³-hybridized carbons (Fsp3) is 0.333. The molecule has 0 bridgehead atoms. The van der Waals surface area contributed by atoms with Gasteiger partial charge in [0.15, 0.2) is 0 Å². The molecule has 0 saturated carbocycles. The fourth-order valence-corrected chi connectivity index (χ4v) is 1.36. The van der Waals surface area contributed by atoms with Crippen LogP contribution in [0.25, 0.3) is 0 Å². The van der Waals surface area contributed by atoms with Crippen LogP contribution in [0.5, 0.6) is 0 Å². The first-order valence-electron chi connectivity index (χ1n) is 4.47. The lowest BCUT2D eigenvalue weighted by Gasteiger charge is -2.06. The maximum atomic E-state index is 12.6. The number of carboxylic acid groups (broad SMARTS) is 1. The highest BCUT2D eigenvalue weighted by Gasteiger charge is 2.26. The second kappa shape index (κ2) is 4.81. The molecule has 1 aromatic rings. The smallest absolute Gasteiger partial charge is 0.364 e. The van der Waals surface area contributed by atoms with Crippen molar-refractivity contribution < 1.29 is 23.6 Å². The van der Waals surface area contributed by atoms with Gasteiger partial charge in [-0.25, -0.2) is 8.78 Å². The minimum absolute atomic E-state index is 0.115. The number of aryl methyl sites for hydroxylation is 1. The summed E-state index contributed by atoms with van der Waals surface area (Å²) in [5.74, 6) is -2.02. The highest BCUT2D eigenvalue weighted by molar-refractivity contribution is 5.71. The van der Waals surface area contributed by atoms with E-state index in [9.17, 15) is 23.7 Å². The molecule has 0 fully saturated rings. The Morgan fingerprint density at radius 1 is 1.65 bits per heavy atom. The highest BCUT2D eigenvalue weighted by atomic mass is 19.3. The van der Waals surface area contributed by atoms with Crippen molar-refractivity contribution in [3.8, 4) is 0 Å². The molecule has 0 saturated heterocycles. The summed E-state index contributed by atoms with van der Waals surface area (Å²) in [7, 11) is 0. The molecule has 1 heterocycles. The number of carbonyl (C=O) groups is 1. The Kier molecular flexibility index (Phi) is 3.66. The van der Waals surface area contributed by atoms with E-state index in [1.165, 1.54) is 6.92 Å². The topological polar surface area (TPSA) is 93.3 Å². The van der Waals surface area contributed by atoms with E-state index >= 15 is 0 Å². The Morgan fingerprint density at radius 2 is 2.24 bits per heavy atom. The molecule has 0 atom stereocenters. The molecule has 0 aliphatic carbocycles. The Bertz CT molecular complexity index is 476. The average molecular weight is 246 g/mol. The maximum absolute atomic E-state index is 12.6. The zero-order chi connectivity index (χ0) is 13.2. The number of nitro groups is 1. The molecule has 1 aromatic heterocycles. The number of nitrogens with zero attached hydrogens (tertiary/aromatic N) is 2. The lowest BCUT2D eigenvalue weighted by molar-refractivity contribution is -0.389. The molecular weight excluding hydrogens is 238 g/mol. The third-order valence-electron chi connectivity index (χ3n) is 2.09. The van der Waals surface area contributed by atoms with Crippen molar-refractivity contribution >= 4 is 11.8 Å². The van der Waals surface area contributed by atoms with Crippen LogP contribution in [0.2, 0.25) is 0 Å². The van der Waals surface area contributed by atoms with Gasteiger partial charge in [-0.15, -0.1) is 0 Å². The first kappa shape index (κ1) is 12.9. The molecule has 0 aliphatic heterocycles. The van der Waals surface area contributed by atoms with Crippen LogP contribution >= 0.6 is 0 Å². The first-order chi connectivity index (χ1) is 7.82. The maximum Gasteiger partial charge on any atom is 0.364 e. The van der Waals surface area contributed by atoms with Crippen LogP contribution in [0.3, 0.4) is 0 Å². The van der Waals surface area contributed by atoms with Gasteiger partial charge in [-0.05, 0) is 22.4 Å². The van der Waals surface area contributed by atoms with Gasteiger partial charge in [0.2, 0.25) is 5.69 Å². The Balaban J connectivity index is 3.38. The molecule has 1 rings (SSSR count). The van der Waals surface area contributed by atoms with Crippen LogP contribution in [-0.4, -0.2) is 21.0 Å². The molecule has 0 radical (unpaired) electrons. The van der Waals surface area contributed by atoms with E-state index in [4.69, 9.17) is 5.11 Å². The Labute approximate surface area is 94.1 Å². The van der Waals surface area contributed by atoms with Crippen LogP contribution in [0, 0.1) is 17.0 Å². The molecule has 1 N–H and O–H groups in total. The Hall–Kier alpha value is -2.12. The fourth-order valence-electron chi connectivity index (χ4n) is 1.36. The molecule has 0 unspecified atom stereocenters. The quantitative estimate of drug-likeness (QED) is 0.646. The van der Waals surface area contributed by atoms with Gasteiger partial charge in [-0.3, -0.25) is 4.79 Å². The number of halogens is 2. The third kappa shape index (κ3) is 2.92. The number of pyridine rings is 1. The summed E-state index contributed by atoms with van der Waals surface area (Å²) in [5, 5.41) is 19.0. The van der Waals surface area contributed by atoms with Gasteiger partial charge in [0, 0.05) is 11.6 Å². The van der Waals surface area contributed by atoms with E-state index in [2.05, 4.69) is 4.98 Å². The van der Waals surface area contributed by atoms with E-state index in [1.807, 2.05) is 0 Å². The minimum atomic E-state index is -3.05. The molecule has 92 valence electrons. The van der Waals surface area contributed by atoms with Gasteiger partial charge in [-0.1, -0.05) is 0 Å². The number of alkyl halides is 2. The summed E-state index contributed by atoms with van der Waals surface area (Å²) in [6.45, 7) is 1.33. The summed E-state index contributed by atoms with van der Waals surface area (Å²) in [6, 6.07) is 0.976. The number of rotatable bonds is 4. The molecule has 0 aromatic carbocycles. The lowest BCUT2D eigenvalue weighted by Crippen LogP contribution is -2.09. The molecule has 8 heteroatoms. The van der Waals surface area contributed by atoms with Crippen LogP contribution in [0.4, 0.5) is 14.6 Å². The highest BCUT2D eigenvalue weighted by Crippen LogP contribution is 2.27. The van der Waals surface area contributed by atoms with Crippen molar-refractivity contribution in [3.63, 3.8) is 0 Å². The zero-order valence-electron chi connectivity index (χ0n) is 8.68. The number of aliphatic carboxylic acids is 1. The summed E-state index contributed by atoms with van der Waals surface area (Å²) in [4.78, 5) is 23.2. The lowest BCUT2D eigenvalue weighted by atomic mass is 10.0.